The van der Waals surface area contributed by atoms with Crippen LogP contribution in [-0.4, -0.2) is 35.7 Å². The molecule has 0 fully saturated rings. The molecule has 0 saturated heterocycles. The van der Waals surface area contributed by atoms with Gasteiger partial charge in [-0.05, 0) is 37.1 Å². The molecule has 0 aliphatic rings. The Kier molecular flexibility index (Phi) is 9.06. The Morgan fingerprint density at radius 3 is 2.43 bits per heavy atom. The molecule has 0 aliphatic carbocycles. The van der Waals surface area contributed by atoms with E-state index in [1.54, 1.807) is 26.1 Å². The van der Waals surface area contributed by atoms with Crippen LogP contribution in [0.15, 0.2) is 48.0 Å². The maximum absolute atomic E-state index is 12.4. The van der Waals surface area contributed by atoms with Crippen molar-refractivity contribution in [2.45, 2.75) is 46.0 Å². The third kappa shape index (κ3) is 7.03. The second-order valence-electron chi connectivity index (χ2n) is 7.34. The average Bonchev–Trinajstić information content (AvgIpc) is 2.76. The molecular formula is C24H31N3O3. The standard InChI is InChI=1S/C24H31N3O3/c1-4-5-6-7-8-16-25-24(30)27(3)22-11-9-10-21(26-22)20-14-12-19(13-15-20)17-18(2)23(28)29/h9-15,17H,4-8,16H2,1-3H3,(H,25,30)(H,28,29). The van der Waals surface area contributed by atoms with E-state index in [-0.39, 0.29) is 11.6 Å². The number of pyridine rings is 1. The number of urea groups is 1. The van der Waals surface area contributed by atoms with E-state index in [1.807, 2.05) is 36.4 Å². The van der Waals surface area contributed by atoms with Crippen LogP contribution in [0, 0.1) is 0 Å². The van der Waals surface area contributed by atoms with Gasteiger partial charge in [-0.1, -0.05) is 62.9 Å². The Hall–Kier alpha value is -3.15. The third-order valence-corrected chi connectivity index (χ3v) is 4.87. The van der Waals surface area contributed by atoms with Gasteiger partial charge in [0, 0.05) is 24.7 Å². The fourth-order valence-electron chi connectivity index (χ4n) is 2.98. The lowest BCUT2D eigenvalue weighted by molar-refractivity contribution is -0.132. The molecule has 0 spiro atoms. The van der Waals surface area contributed by atoms with Crippen LogP contribution in [0.25, 0.3) is 17.3 Å². The molecule has 0 bridgehead atoms. The van der Waals surface area contributed by atoms with Crippen LogP contribution in [0.5, 0.6) is 0 Å². The lowest BCUT2D eigenvalue weighted by atomic mass is 10.1. The zero-order valence-electron chi connectivity index (χ0n) is 18.0. The molecule has 1 aromatic carbocycles. The van der Waals surface area contributed by atoms with Crippen LogP contribution in [0.1, 0.15) is 51.5 Å². The number of rotatable bonds is 10. The summed E-state index contributed by atoms with van der Waals surface area (Å²) < 4.78 is 0. The number of aromatic nitrogens is 1. The van der Waals surface area contributed by atoms with E-state index in [0.717, 1.165) is 29.7 Å². The van der Waals surface area contributed by atoms with Gasteiger partial charge < -0.3 is 10.4 Å². The monoisotopic (exact) mass is 409 g/mol. The number of nitrogens with zero attached hydrogens (tertiary/aromatic N) is 2. The number of carbonyl (C=O) groups is 2. The number of aliphatic carboxylic acids is 1. The molecule has 0 atom stereocenters. The topological polar surface area (TPSA) is 82.5 Å². The Bertz CT molecular complexity index is 876. The number of carboxylic acid groups (broad SMARTS) is 1. The van der Waals surface area contributed by atoms with Crippen molar-refractivity contribution in [3.8, 4) is 11.3 Å². The number of hydrogen-bond donors (Lipinski definition) is 2. The predicted octanol–water partition coefficient (Wildman–Crippen LogP) is 5.35. The molecule has 6 heteroatoms. The number of unbranched alkanes of at least 4 members (excludes halogenated alkanes) is 4. The van der Waals surface area contributed by atoms with Crippen LogP contribution in [0.3, 0.4) is 0 Å². The number of anilines is 1. The molecule has 0 saturated carbocycles. The fraction of sp³-hybridized carbons (Fsp3) is 0.375. The summed E-state index contributed by atoms with van der Waals surface area (Å²) in [5.74, 6) is -0.364. The van der Waals surface area contributed by atoms with E-state index >= 15 is 0 Å². The Morgan fingerprint density at radius 1 is 1.07 bits per heavy atom. The molecule has 0 unspecified atom stereocenters. The van der Waals surface area contributed by atoms with Gasteiger partial charge >= 0.3 is 12.0 Å². The van der Waals surface area contributed by atoms with Crippen molar-refractivity contribution >= 4 is 23.9 Å². The van der Waals surface area contributed by atoms with E-state index in [0.29, 0.717) is 12.4 Å². The predicted molar refractivity (Wildman–Crippen MR) is 122 cm³/mol. The quantitative estimate of drug-likeness (QED) is 0.409. The van der Waals surface area contributed by atoms with E-state index in [2.05, 4.69) is 17.2 Å². The summed E-state index contributed by atoms with van der Waals surface area (Å²) in [6.07, 6.45) is 7.38. The molecule has 2 amide bonds. The Labute approximate surface area is 178 Å². The highest BCUT2D eigenvalue weighted by atomic mass is 16.4. The highest BCUT2D eigenvalue weighted by Gasteiger charge is 2.12. The maximum atomic E-state index is 12.4. The normalized spacial score (nSPS) is 11.2. The van der Waals surface area contributed by atoms with Gasteiger partial charge in [-0.3, -0.25) is 4.90 Å². The van der Waals surface area contributed by atoms with Crippen molar-refractivity contribution < 1.29 is 14.7 Å². The highest BCUT2D eigenvalue weighted by molar-refractivity contribution is 5.91. The molecule has 160 valence electrons. The zero-order valence-corrected chi connectivity index (χ0v) is 18.0. The molecule has 1 heterocycles. The second kappa shape index (κ2) is 11.8. The molecule has 30 heavy (non-hydrogen) atoms. The highest BCUT2D eigenvalue weighted by Crippen LogP contribution is 2.21. The molecule has 2 N–H and O–H groups in total. The number of amides is 2. The first kappa shape index (κ1) is 23.1. The summed E-state index contributed by atoms with van der Waals surface area (Å²) in [6.45, 7) is 4.41. The van der Waals surface area contributed by atoms with Gasteiger partial charge in [-0.25, -0.2) is 14.6 Å². The van der Waals surface area contributed by atoms with Gasteiger partial charge in [0.25, 0.3) is 0 Å². The zero-order chi connectivity index (χ0) is 21.9. The smallest absolute Gasteiger partial charge is 0.331 e. The van der Waals surface area contributed by atoms with Gasteiger partial charge in [0.2, 0.25) is 0 Å². The van der Waals surface area contributed by atoms with Crippen molar-refractivity contribution in [3.05, 3.63) is 53.6 Å². The van der Waals surface area contributed by atoms with Crippen molar-refractivity contribution in [2.24, 2.45) is 0 Å². The summed E-state index contributed by atoms with van der Waals surface area (Å²) in [6, 6.07) is 12.9. The number of carbonyl (C=O) groups excluding carboxylic acids is 1. The van der Waals surface area contributed by atoms with E-state index in [1.165, 1.54) is 24.2 Å². The number of hydrogen-bond acceptors (Lipinski definition) is 3. The number of nitrogens with one attached hydrogen (secondary N) is 1. The van der Waals surface area contributed by atoms with Gasteiger partial charge in [-0.15, -0.1) is 0 Å². The molecule has 2 rings (SSSR count). The van der Waals surface area contributed by atoms with Gasteiger partial charge in [0.05, 0.1) is 5.69 Å². The number of benzene rings is 1. The average molecular weight is 410 g/mol. The summed E-state index contributed by atoms with van der Waals surface area (Å²) in [7, 11) is 1.71. The first-order valence-electron chi connectivity index (χ1n) is 10.4. The summed E-state index contributed by atoms with van der Waals surface area (Å²) in [4.78, 5) is 29.5. The lowest BCUT2D eigenvalue weighted by Crippen LogP contribution is -2.38. The lowest BCUT2D eigenvalue weighted by Gasteiger charge is -2.18. The molecular weight excluding hydrogens is 378 g/mol. The minimum Gasteiger partial charge on any atom is -0.478 e. The van der Waals surface area contributed by atoms with Crippen molar-refractivity contribution in [2.75, 3.05) is 18.5 Å². The van der Waals surface area contributed by atoms with E-state index in [9.17, 15) is 9.59 Å². The van der Waals surface area contributed by atoms with Crippen molar-refractivity contribution in [3.63, 3.8) is 0 Å². The van der Waals surface area contributed by atoms with Crippen LogP contribution in [-0.2, 0) is 4.79 Å². The van der Waals surface area contributed by atoms with Crippen LogP contribution < -0.4 is 10.2 Å². The third-order valence-electron chi connectivity index (χ3n) is 4.87. The van der Waals surface area contributed by atoms with Gasteiger partial charge in [-0.2, -0.15) is 0 Å². The maximum Gasteiger partial charge on any atom is 0.331 e. The Morgan fingerprint density at radius 2 is 1.77 bits per heavy atom. The van der Waals surface area contributed by atoms with Crippen LogP contribution in [0.4, 0.5) is 10.6 Å². The fourth-order valence-corrected chi connectivity index (χ4v) is 2.98. The van der Waals surface area contributed by atoms with E-state index in [4.69, 9.17) is 5.11 Å². The van der Waals surface area contributed by atoms with Crippen LogP contribution >= 0.6 is 0 Å². The van der Waals surface area contributed by atoms with Gasteiger partial charge in [0.15, 0.2) is 0 Å². The Balaban J connectivity index is 2.00. The molecule has 6 nitrogen and oxygen atoms in total. The van der Waals surface area contributed by atoms with Gasteiger partial charge in [0.1, 0.15) is 5.82 Å². The van der Waals surface area contributed by atoms with E-state index < -0.39 is 5.97 Å². The SMILES string of the molecule is CCCCCCCNC(=O)N(C)c1cccc(-c2ccc(C=C(C)C(=O)O)cc2)n1. The largest absolute Gasteiger partial charge is 0.478 e. The summed E-state index contributed by atoms with van der Waals surface area (Å²) >= 11 is 0. The van der Waals surface area contributed by atoms with Crippen molar-refractivity contribution in [1.82, 2.24) is 10.3 Å². The first-order valence-corrected chi connectivity index (χ1v) is 10.4. The summed E-state index contributed by atoms with van der Waals surface area (Å²) in [5.41, 5.74) is 2.73. The second-order valence-corrected chi connectivity index (χ2v) is 7.34. The molecule has 0 aliphatic heterocycles. The summed E-state index contributed by atoms with van der Waals surface area (Å²) in [5, 5.41) is 11.9. The number of carboxylic acids is 1. The van der Waals surface area contributed by atoms with Crippen molar-refractivity contribution in [1.29, 1.82) is 0 Å². The first-order chi connectivity index (χ1) is 14.4. The minimum atomic E-state index is -0.935. The molecule has 1 aromatic heterocycles. The molecule has 0 radical (unpaired) electrons. The minimum absolute atomic E-state index is 0.167. The molecule has 2 aromatic rings. The van der Waals surface area contributed by atoms with Crippen LogP contribution in [0.2, 0.25) is 0 Å².